The van der Waals surface area contributed by atoms with Crippen LogP contribution >= 0.6 is 0 Å². The zero-order valence-electron chi connectivity index (χ0n) is 15.9. The quantitative estimate of drug-likeness (QED) is 0.822. The third-order valence-corrected chi connectivity index (χ3v) is 5.09. The number of rotatable bonds is 2. The van der Waals surface area contributed by atoms with Gasteiger partial charge in [0.1, 0.15) is 11.4 Å². The molecule has 1 saturated heterocycles. The summed E-state index contributed by atoms with van der Waals surface area (Å²) < 4.78 is 10.9. The fourth-order valence-corrected chi connectivity index (χ4v) is 3.73. The largest absolute Gasteiger partial charge is 0.497 e. The smallest absolute Gasteiger partial charge is 0.410 e. The second-order valence-corrected chi connectivity index (χ2v) is 8.05. The lowest BCUT2D eigenvalue weighted by molar-refractivity contribution is 0.0134. The molecule has 0 atom stereocenters. The van der Waals surface area contributed by atoms with Crippen LogP contribution in [-0.2, 0) is 17.7 Å². The summed E-state index contributed by atoms with van der Waals surface area (Å²) in [6.45, 7) is 9.37. The van der Waals surface area contributed by atoms with E-state index in [1.165, 1.54) is 11.1 Å². The van der Waals surface area contributed by atoms with E-state index in [0.717, 1.165) is 51.2 Å². The van der Waals surface area contributed by atoms with Crippen LogP contribution in [0.4, 0.5) is 4.79 Å². The lowest BCUT2D eigenvalue weighted by atomic mass is 9.95. The summed E-state index contributed by atoms with van der Waals surface area (Å²) in [5.41, 5.74) is 2.38. The van der Waals surface area contributed by atoms with Crippen LogP contribution in [-0.4, -0.2) is 54.3 Å². The molecule has 0 N–H and O–H groups in total. The minimum Gasteiger partial charge on any atom is -0.497 e. The predicted molar refractivity (Wildman–Crippen MR) is 97.9 cm³/mol. The van der Waals surface area contributed by atoms with Gasteiger partial charge in [0.25, 0.3) is 0 Å². The third kappa shape index (κ3) is 4.46. The van der Waals surface area contributed by atoms with Crippen molar-refractivity contribution in [1.82, 2.24) is 9.80 Å². The Morgan fingerprint density at radius 2 is 1.84 bits per heavy atom. The van der Waals surface area contributed by atoms with E-state index in [1.807, 2.05) is 31.7 Å². The Morgan fingerprint density at radius 3 is 2.48 bits per heavy atom. The number of benzene rings is 1. The maximum Gasteiger partial charge on any atom is 0.410 e. The molecule has 138 valence electrons. The average Bonchev–Trinajstić information content (AvgIpc) is 2.59. The third-order valence-electron chi connectivity index (χ3n) is 5.09. The number of amides is 1. The molecular weight excluding hydrogens is 316 g/mol. The number of methoxy groups -OCH3 is 1. The van der Waals surface area contributed by atoms with Gasteiger partial charge in [0.15, 0.2) is 0 Å². The van der Waals surface area contributed by atoms with E-state index in [-0.39, 0.29) is 6.09 Å². The van der Waals surface area contributed by atoms with Crippen LogP contribution in [0.5, 0.6) is 5.75 Å². The fraction of sp³-hybridized carbons (Fsp3) is 0.650. The highest BCUT2D eigenvalue weighted by atomic mass is 16.6. The van der Waals surface area contributed by atoms with Crippen molar-refractivity contribution >= 4 is 6.09 Å². The number of carbonyl (C=O) groups is 1. The summed E-state index contributed by atoms with van der Waals surface area (Å²) in [6.07, 6.45) is 2.93. The number of ether oxygens (including phenoxy) is 2. The van der Waals surface area contributed by atoms with Gasteiger partial charge in [0.2, 0.25) is 0 Å². The van der Waals surface area contributed by atoms with Crippen LogP contribution in [0.2, 0.25) is 0 Å². The lowest BCUT2D eigenvalue weighted by Crippen LogP contribution is -2.49. The Kier molecular flexibility index (Phi) is 5.23. The van der Waals surface area contributed by atoms with Crippen LogP contribution in [0, 0.1) is 0 Å². The molecule has 1 aromatic rings. The van der Waals surface area contributed by atoms with E-state index in [9.17, 15) is 4.79 Å². The van der Waals surface area contributed by atoms with Gasteiger partial charge < -0.3 is 14.4 Å². The van der Waals surface area contributed by atoms with Crippen molar-refractivity contribution in [2.45, 2.75) is 58.2 Å². The molecule has 1 fully saturated rings. The first-order valence-corrected chi connectivity index (χ1v) is 9.23. The summed E-state index contributed by atoms with van der Waals surface area (Å²) in [4.78, 5) is 16.6. The Labute approximate surface area is 150 Å². The first-order valence-electron chi connectivity index (χ1n) is 9.23. The number of fused-ring (bicyclic) bond motifs is 1. The molecule has 0 aromatic heterocycles. The molecule has 1 aromatic carbocycles. The molecular formula is C20H30N2O3. The fourth-order valence-electron chi connectivity index (χ4n) is 3.73. The molecule has 0 bridgehead atoms. The summed E-state index contributed by atoms with van der Waals surface area (Å²) in [5.74, 6) is 0.931. The predicted octanol–water partition coefficient (Wildman–Crippen LogP) is 3.45. The average molecular weight is 346 g/mol. The van der Waals surface area contributed by atoms with Crippen LogP contribution in [0.1, 0.15) is 44.7 Å². The summed E-state index contributed by atoms with van der Waals surface area (Å²) in [7, 11) is 1.72. The SMILES string of the molecule is COc1ccc2c(c1)CN(C1CCN(C(=O)OC(C)(C)C)CC1)CC2. The van der Waals surface area contributed by atoms with Gasteiger partial charge >= 0.3 is 6.09 Å². The van der Waals surface area contributed by atoms with Crippen LogP contribution in [0.25, 0.3) is 0 Å². The van der Waals surface area contributed by atoms with Crippen molar-refractivity contribution in [3.05, 3.63) is 29.3 Å². The second-order valence-electron chi connectivity index (χ2n) is 8.05. The van der Waals surface area contributed by atoms with Crippen molar-refractivity contribution in [2.75, 3.05) is 26.7 Å². The zero-order chi connectivity index (χ0) is 18.0. The van der Waals surface area contributed by atoms with Crippen molar-refractivity contribution in [1.29, 1.82) is 0 Å². The maximum absolute atomic E-state index is 12.2. The Bertz CT molecular complexity index is 616. The number of carbonyl (C=O) groups excluding carboxylic acids is 1. The first-order chi connectivity index (χ1) is 11.9. The summed E-state index contributed by atoms with van der Waals surface area (Å²) in [5, 5.41) is 0. The molecule has 1 amide bonds. The Morgan fingerprint density at radius 1 is 1.12 bits per heavy atom. The molecule has 0 aliphatic carbocycles. The van der Waals surface area contributed by atoms with Gasteiger partial charge in [-0.3, -0.25) is 4.90 Å². The molecule has 5 nitrogen and oxygen atoms in total. The van der Waals surface area contributed by atoms with Gasteiger partial charge in [-0.15, -0.1) is 0 Å². The van der Waals surface area contributed by atoms with Gasteiger partial charge in [-0.2, -0.15) is 0 Å². The van der Waals surface area contributed by atoms with E-state index in [1.54, 1.807) is 7.11 Å². The molecule has 25 heavy (non-hydrogen) atoms. The molecule has 0 unspecified atom stereocenters. The van der Waals surface area contributed by atoms with Crippen LogP contribution < -0.4 is 4.74 Å². The van der Waals surface area contributed by atoms with Crippen molar-refractivity contribution in [2.24, 2.45) is 0 Å². The molecule has 0 spiro atoms. The normalized spacial score (nSPS) is 19.4. The van der Waals surface area contributed by atoms with E-state index in [0.29, 0.717) is 6.04 Å². The number of likely N-dealkylation sites (tertiary alicyclic amines) is 1. The molecule has 2 aliphatic heterocycles. The molecule has 2 aliphatic rings. The molecule has 0 saturated carbocycles. The highest BCUT2D eigenvalue weighted by Gasteiger charge is 2.30. The van der Waals surface area contributed by atoms with Crippen molar-refractivity contribution in [3.8, 4) is 5.75 Å². The topological polar surface area (TPSA) is 42.0 Å². The van der Waals surface area contributed by atoms with E-state index >= 15 is 0 Å². The van der Waals surface area contributed by atoms with Gasteiger partial charge in [-0.05, 0) is 63.3 Å². The van der Waals surface area contributed by atoms with Gasteiger partial charge in [0.05, 0.1) is 7.11 Å². The van der Waals surface area contributed by atoms with Gasteiger partial charge in [0, 0.05) is 32.2 Å². The molecule has 5 heteroatoms. The van der Waals surface area contributed by atoms with E-state index in [2.05, 4.69) is 17.0 Å². The van der Waals surface area contributed by atoms with E-state index < -0.39 is 5.60 Å². The zero-order valence-corrected chi connectivity index (χ0v) is 15.9. The minimum absolute atomic E-state index is 0.181. The van der Waals surface area contributed by atoms with E-state index in [4.69, 9.17) is 9.47 Å². The minimum atomic E-state index is -0.427. The molecule has 0 radical (unpaired) electrons. The molecule has 3 rings (SSSR count). The Balaban J connectivity index is 1.56. The number of piperidine rings is 1. The Hall–Kier alpha value is -1.75. The van der Waals surface area contributed by atoms with Crippen molar-refractivity contribution in [3.63, 3.8) is 0 Å². The molecule has 2 heterocycles. The highest BCUT2D eigenvalue weighted by molar-refractivity contribution is 5.68. The highest BCUT2D eigenvalue weighted by Crippen LogP contribution is 2.28. The first kappa shape index (κ1) is 18.1. The standard InChI is InChI=1S/C20H30N2O3/c1-20(2,3)25-19(23)21-11-8-17(9-12-21)22-10-7-15-5-6-18(24-4)13-16(15)14-22/h5-6,13,17H,7-12,14H2,1-4H3. The van der Waals surface area contributed by atoms with Crippen LogP contribution in [0.3, 0.4) is 0 Å². The van der Waals surface area contributed by atoms with Gasteiger partial charge in [-0.25, -0.2) is 4.79 Å². The number of nitrogens with zero attached hydrogens (tertiary/aromatic N) is 2. The maximum atomic E-state index is 12.2. The van der Waals surface area contributed by atoms with Gasteiger partial charge in [-0.1, -0.05) is 6.07 Å². The number of hydrogen-bond acceptors (Lipinski definition) is 4. The summed E-state index contributed by atoms with van der Waals surface area (Å²) in [6, 6.07) is 6.94. The summed E-state index contributed by atoms with van der Waals surface area (Å²) >= 11 is 0. The number of hydrogen-bond donors (Lipinski definition) is 0. The second kappa shape index (κ2) is 7.24. The van der Waals surface area contributed by atoms with Crippen LogP contribution in [0.15, 0.2) is 18.2 Å². The lowest BCUT2D eigenvalue weighted by Gasteiger charge is -2.40. The monoisotopic (exact) mass is 346 g/mol. The van der Waals surface area contributed by atoms with Crippen molar-refractivity contribution < 1.29 is 14.3 Å².